The highest BCUT2D eigenvalue weighted by molar-refractivity contribution is 5.95. The third-order valence-electron chi connectivity index (χ3n) is 2.18. The molecular formula is C10H12N4O. The van der Waals surface area contributed by atoms with Crippen LogP contribution in [0.3, 0.4) is 0 Å². The second-order valence-electron chi connectivity index (χ2n) is 3.33. The Kier molecular flexibility index (Phi) is 2.29. The van der Waals surface area contributed by atoms with Crippen molar-refractivity contribution in [3.63, 3.8) is 0 Å². The van der Waals surface area contributed by atoms with E-state index in [-0.39, 0.29) is 6.04 Å². The molecule has 1 atom stereocenters. The Labute approximate surface area is 86.9 Å². The molecule has 1 unspecified atom stereocenters. The second kappa shape index (κ2) is 3.61. The number of nitrogens with two attached hydrogens (primary N) is 1. The van der Waals surface area contributed by atoms with Crippen molar-refractivity contribution < 1.29 is 4.63 Å². The van der Waals surface area contributed by atoms with Crippen LogP contribution in [0.15, 0.2) is 29.4 Å². The van der Waals surface area contributed by atoms with Crippen molar-refractivity contribution in [3.8, 4) is 0 Å². The predicted octanol–water partition coefficient (Wildman–Crippen LogP) is 1.79. The van der Waals surface area contributed by atoms with Gasteiger partial charge in [0.25, 0.3) is 0 Å². The van der Waals surface area contributed by atoms with Crippen LogP contribution in [0.2, 0.25) is 0 Å². The first-order valence-corrected chi connectivity index (χ1v) is 4.62. The molecule has 0 spiro atoms. The fourth-order valence-electron chi connectivity index (χ4n) is 1.31. The zero-order valence-electron chi connectivity index (χ0n) is 8.40. The Morgan fingerprint density at radius 2 is 2.20 bits per heavy atom. The molecule has 0 aliphatic heterocycles. The van der Waals surface area contributed by atoms with Crippen LogP contribution in [0, 0.1) is 0 Å². The van der Waals surface area contributed by atoms with Gasteiger partial charge in [0.2, 0.25) is 0 Å². The molecule has 2 rings (SSSR count). The van der Waals surface area contributed by atoms with Crippen molar-refractivity contribution >= 4 is 22.4 Å². The molecule has 15 heavy (non-hydrogen) atoms. The van der Waals surface area contributed by atoms with Crippen LogP contribution in [0.1, 0.15) is 6.92 Å². The van der Waals surface area contributed by atoms with Crippen molar-refractivity contribution in [2.45, 2.75) is 13.0 Å². The molecule has 5 nitrogen and oxygen atoms in total. The van der Waals surface area contributed by atoms with Gasteiger partial charge in [0.05, 0.1) is 11.4 Å². The van der Waals surface area contributed by atoms with Crippen molar-refractivity contribution in [2.24, 2.45) is 0 Å². The lowest BCUT2D eigenvalue weighted by Crippen LogP contribution is -2.11. The molecule has 0 saturated carbocycles. The first-order chi connectivity index (χ1) is 7.22. The van der Waals surface area contributed by atoms with Gasteiger partial charge in [-0.1, -0.05) is 6.08 Å². The molecule has 1 aromatic carbocycles. The maximum absolute atomic E-state index is 5.72. The maximum Gasteiger partial charge on any atom is 0.160 e. The summed E-state index contributed by atoms with van der Waals surface area (Å²) in [6.07, 6.45) is 1.80. The minimum absolute atomic E-state index is 0.147. The molecule has 3 N–H and O–H groups in total. The molecule has 0 amide bonds. The largest absolute Gasteiger partial charge is 0.397 e. The smallest absolute Gasteiger partial charge is 0.160 e. The molecular weight excluding hydrogens is 192 g/mol. The van der Waals surface area contributed by atoms with Crippen LogP contribution in [0.25, 0.3) is 11.0 Å². The first-order valence-electron chi connectivity index (χ1n) is 4.62. The van der Waals surface area contributed by atoms with Gasteiger partial charge < -0.3 is 11.1 Å². The van der Waals surface area contributed by atoms with Gasteiger partial charge in [-0.15, -0.1) is 6.58 Å². The van der Waals surface area contributed by atoms with Crippen LogP contribution in [-0.2, 0) is 0 Å². The van der Waals surface area contributed by atoms with Crippen molar-refractivity contribution in [2.75, 3.05) is 11.1 Å². The first kappa shape index (κ1) is 9.51. The zero-order valence-corrected chi connectivity index (χ0v) is 8.40. The average Bonchev–Trinajstić information content (AvgIpc) is 2.71. The summed E-state index contributed by atoms with van der Waals surface area (Å²) < 4.78 is 4.66. The summed E-state index contributed by atoms with van der Waals surface area (Å²) in [5.74, 6) is 0. The van der Waals surface area contributed by atoms with E-state index in [1.807, 2.05) is 13.0 Å². The van der Waals surface area contributed by atoms with Crippen LogP contribution >= 0.6 is 0 Å². The van der Waals surface area contributed by atoms with Gasteiger partial charge >= 0.3 is 0 Å². The number of anilines is 2. The number of hydrogen-bond donors (Lipinski definition) is 2. The summed E-state index contributed by atoms with van der Waals surface area (Å²) in [7, 11) is 0. The van der Waals surface area contributed by atoms with E-state index in [0.717, 1.165) is 5.69 Å². The van der Waals surface area contributed by atoms with E-state index in [1.165, 1.54) is 0 Å². The van der Waals surface area contributed by atoms with Gasteiger partial charge in [0.1, 0.15) is 0 Å². The third-order valence-corrected chi connectivity index (χ3v) is 2.18. The van der Waals surface area contributed by atoms with E-state index in [9.17, 15) is 0 Å². The van der Waals surface area contributed by atoms with E-state index in [2.05, 4.69) is 26.8 Å². The Morgan fingerprint density at radius 1 is 1.47 bits per heavy atom. The van der Waals surface area contributed by atoms with Gasteiger partial charge in [0, 0.05) is 6.04 Å². The second-order valence-corrected chi connectivity index (χ2v) is 3.33. The molecule has 1 aromatic heterocycles. The van der Waals surface area contributed by atoms with Crippen molar-refractivity contribution in [3.05, 3.63) is 24.8 Å². The normalized spacial score (nSPS) is 12.6. The predicted molar refractivity (Wildman–Crippen MR) is 59.5 cm³/mol. The minimum Gasteiger partial charge on any atom is -0.397 e. The highest BCUT2D eigenvalue weighted by atomic mass is 16.6. The van der Waals surface area contributed by atoms with Crippen LogP contribution < -0.4 is 11.1 Å². The van der Waals surface area contributed by atoms with Gasteiger partial charge in [-0.2, -0.15) is 0 Å². The molecule has 0 aliphatic rings. The standard InChI is InChI=1S/C10H12N4O/c1-3-6(2)12-8-5-4-7(11)9-10(8)14-15-13-9/h3-6,12H,1,11H2,2H3. The monoisotopic (exact) mass is 204 g/mol. The topological polar surface area (TPSA) is 77.0 Å². The van der Waals surface area contributed by atoms with E-state index in [4.69, 9.17) is 5.73 Å². The zero-order chi connectivity index (χ0) is 10.8. The number of rotatable bonds is 3. The Balaban J connectivity index is 2.47. The van der Waals surface area contributed by atoms with E-state index in [0.29, 0.717) is 16.7 Å². The van der Waals surface area contributed by atoms with E-state index >= 15 is 0 Å². The quantitative estimate of drug-likeness (QED) is 0.588. The Morgan fingerprint density at radius 3 is 2.93 bits per heavy atom. The van der Waals surface area contributed by atoms with Gasteiger partial charge in [-0.05, 0) is 29.4 Å². The summed E-state index contributed by atoms with van der Waals surface area (Å²) >= 11 is 0. The molecule has 0 radical (unpaired) electrons. The Bertz CT molecular complexity index is 491. The third kappa shape index (κ3) is 1.63. The van der Waals surface area contributed by atoms with Crippen molar-refractivity contribution in [1.29, 1.82) is 0 Å². The fraction of sp³-hybridized carbons (Fsp3) is 0.200. The van der Waals surface area contributed by atoms with Crippen LogP contribution in [0.5, 0.6) is 0 Å². The highest BCUT2D eigenvalue weighted by Gasteiger charge is 2.10. The fourth-order valence-corrected chi connectivity index (χ4v) is 1.31. The number of nitrogens with zero attached hydrogens (tertiary/aromatic N) is 2. The lowest BCUT2D eigenvalue weighted by Gasteiger charge is -2.10. The molecule has 2 aromatic rings. The van der Waals surface area contributed by atoms with Gasteiger partial charge in [-0.3, -0.25) is 0 Å². The van der Waals surface area contributed by atoms with Gasteiger partial charge in [0.15, 0.2) is 11.0 Å². The van der Waals surface area contributed by atoms with E-state index in [1.54, 1.807) is 12.1 Å². The number of nitrogens with one attached hydrogen (secondary N) is 1. The molecule has 5 heteroatoms. The molecule has 0 saturated heterocycles. The average molecular weight is 204 g/mol. The summed E-state index contributed by atoms with van der Waals surface area (Å²) in [4.78, 5) is 0. The number of benzene rings is 1. The summed E-state index contributed by atoms with van der Waals surface area (Å²) in [6, 6.07) is 3.76. The van der Waals surface area contributed by atoms with Crippen molar-refractivity contribution in [1.82, 2.24) is 10.3 Å². The SMILES string of the molecule is C=CC(C)Nc1ccc(N)c2nonc12. The molecule has 0 aliphatic carbocycles. The van der Waals surface area contributed by atoms with Gasteiger partial charge in [-0.25, -0.2) is 4.63 Å². The number of nitrogen functional groups attached to an aromatic ring is 1. The summed E-state index contributed by atoms with van der Waals surface area (Å²) in [5.41, 5.74) is 8.34. The highest BCUT2D eigenvalue weighted by Crippen LogP contribution is 2.25. The summed E-state index contributed by atoms with van der Waals surface area (Å²) in [5, 5.41) is 10.8. The minimum atomic E-state index is 0.147. The summed E-state index contributed by atoms with van der Waals surface area (Å²) in [6.45, 7) is 5.68. The van der Waals surface area contributed by atoms with Crippen LogP contribution in [-0.4, -0.2) is 16.4 Å². The van der Waals surface area contributed by atoms with Crippen LogP contribution in [0.4, 0.5) is 11.4 Å². The molecule has 0 bridgehead atoms. The number of hydrogen-bond acceptors (Lipinski definition) is 5. The molecule has 78 valence electrons. The molecule has 1 heterocycles. The lowest BCUT2D eigenvalue weighted by atomic mass is 10.2. The number of fused-ring (bicyclic) bond motifs is 1. The van der Waals surface area contributed by atoms with E-state index < -0.39 is 0 Å². The molecule has 0 fully saturated rings. The maximum atomic E-state index is 5.72. The Hall–Kier alpha value is -2.04. The lowest BCUT2D eigenvalue weighted by molar-refractivity contribution is 0.315. The number of aromatic nitrogens is 2.